The third kappa shape index (κ3) is 3.62. The summed E-state index contributed by atoms with van der Waals surface area (Å²) in [5, 5.41) is 3.20. The molecule has 19 heavy (non-hydrogen) atoms. The maximum atomic E-state index is 13.5. The van der Waals surface area contributed by atoms with Gasteiger partial charge < -0.3 is 15.0 Å². The molecule has 0 bridgehead atoms. The molecular weight excluding hydrogens is 245 g/mol. The second-order valence-electron chi connectivity index (χ2n) is 4.38. The normalized spacial score (nSPS) is 10.9. The van der Waals surface area contributed by atoms with E-state index in [1.54, 1.807) is 26.3 Å². The Bertz CT molecular complexity index is 539. The summed E-state index contributed by atoms with van der Waals surface area (Å²) < 4.78 is 18.4. The average molecular weight is 263 g/mol. The van der Waals surface area contributed by atoms with E-state index in [9.17, 15) is 4.39 Å². The van der Waals surface area contributed by atoms with Crippen molar-refractivity contribution in [1.82, 2.24) is 15.3 Å². The molecule has 0 amide bonds. The summed E-state index contributed by atoms with van der Waals surface area (Å²) in [5.74, 6) is 0.624. The van der Waals surface area contributed by atoms with Crippen LogP contribution in [0.4, 0.5) is 4.39 Å². The van der Waals surface area contributed by atoms with Crippen LogP contribution >= 0.6 is 0 Å². The number of imidazole rings is 1. The van der Waals surface area contributed by atoms with Gasteiger partial charge >= 0.3 is 0 Å². The molecule has 4 nitrogen and oxygen atoms in total. The number of hydrogen-bond acceptors (Lipinski definition) is 3. The number of rotatable bonds is 6. The number of nitrogens with zero attached hydrogens (tertiary/aromatic N) is 1. The molecule has 2 rings (SSSR count). The number of aromatic amines is 1. The fourth-order valence-corrected chi connectivity index (χ4v) is 1.74. The molecular formula is C14H18FN3O. The van der Waals surface area contributed by atoms with Gasteiger partial charge in [0.1, 0.15) is 11.6 Å². The van der Waals surface area contributed by atoms with Crippen molar-refractivity contribution in [3.8, 4) is 11.3 Å². The molecule has 0 aliphatic carbocycles. The monoisotopic (exact) mass is 263 g/mol. The number of methoxy groups -OCH3 is 1. The predicted molar refractivity (Wildman–Crippen MR) is 72.3 cm³/mol. The number of halogens is 1. The fourth-order valence-electron chi connectivity index (χ4n) is 1.74. The minimum atomic E-state index is -0.202. The average Bonchev–Trinajstić information content (AvgIpc) is 2.87. The second-order valence-corrected chi connectivity index (χ2v) is 4.38. The van der Waals surface area contributed by atoms with E-state index in [4.69, 9.17) is 4.74 Å². The Hall–Kier alpha value is -1.72. The van der Waals surface area contributed by atoms with E-state index in [1.165, 1.54) is 6.07 Å². The van der Waals surface area contributed by atoms with Crippen LogP contribution in [0.15, 0.2) is 24.4 Å². The lowest BCUT2D eigenvalue weighted by atomic mass is 10.1. The van der Waals surface area contributed by atoms with Crippen molar-refractivity contribution in [2.45, 2.75) is 13.5 Å². The van der Waals surface area contributed by atoms with E-state index < -0.39 is 0 Å². The molecule has 0 aliphatic rings. The van der Waals surface area contributed by atoms with Crippen LogP contribution in [0, 0.1) is 12.7 Å². The van der Waals surface area contributed by atoms with E-state index in [0.717, 1.165) is 23.6 Å². The Balaban J connectivity index is 2.01. The number of H-pyrrole nitrogens is 1. The van der Waals surface area contributed by atoms with Crippen molar-refractivity contribution in [3.05, 3.63) is 41.6 Å². The Morgan fingerprint density at radius 1 is 1.42 bits per heavy atom. The highest BCUT2D eigenvalue weighted by Crippen LogP contribution is 2.19. The Labute approximate surface area is 112 Å². The second kappa shape index (κ2) is 6.45. The lowest BCUT2D eigenvalue weighted by Gasteiger charge is -2.02. The minimum Gasteiger partial charge on any atom is -0.383 e. The lowest BCUT2D eigenvalue weighted by Crippen LogP contribution is -2.19. The van der Waals surface area contributed by atoms with Crippen molar-refractivity contribution >= 4 is 0 Å². The van der Waals surface area contributed by atoms with E-state index >= 15 is 0 Å². The fraction of sp³-hybridized carbons (Fsp3) is 0.357. The number of hydrogen-bond donors (Lipinski definition) is 2. The first-order chi connectivity index (χ1) is 9.20. The number of benzene rings is 1. The molecule has 0 saturated heterocycles. The van der Waals surface area contributed by atoms with Gasteiger partial charge in [0.15, 0.2) is 0 Å². The molecule has 5 heteroatoms. The van der Waals surface area contributed by atoms with Gasteiger partial charge in [-0.2, -0.15) is 0 Å². The van der Waals surface area contributed by atoms with Gasteiger partial charge in [-0.15, -0.1) is 0 Å². The van der Waals surface area contributed by atoms with Crippen molar-refractivity contribution in [2.24, 2.45) is 0 Å². The molecule has 1 aromatic carbocycles. The molecule has 0 unspecified atom stereocenters. The number of nitrogens with one attached hydrogen (secondary N) is 2. The summed E-state index contributed by atoms with van der Waals surface area (Å²) in [5.41, 5.74) is 2.27. The van der Waals surface area contributed by atoms with Gasteiger partial charge in [0.25, 0.3) is 0 Å². The highest BCUT2D eigenvalue weighted by Gasteiger charge is 2.05. The van der Waals surface area contributed by atoms with Crippen molar-refractivity contribution in [3.63, 3.8) is 0 Å². The van der Waals surface area contributed by atoms with Gasteiger partial charge in [-0.05, 0) is 18.6 Å². The van der Waals surface area contributed by atoms with Crippen LogP contribution in [0.5, 0.6) is 0 Å². The van der Waals surface area contributed by atoms with E-state index in [2.05, 4.69) is 15.3 Å². The molecule has 0 spiro atoms. The molecule has 1 heterocycles. The summed E-state index contributed by atoms with van der Waals surface area (Å²) in [6.07, 6.45) is 1.72. The number of aryl methyl sites for hydroxylation is 1. The van der Waals surface area contributed by atoms with E-state index in [1.807, 2.05) is 6.07 Å². The first kappa shape index (κ1) is 13.7. The van der Waals surface area contributed by atoms with Gasteiger partial charge in [0, 0.05) is 19.2 Å². The summed E-state index contributed by atoms with van der Waals surface area (Å²) >= 11 is 0. The van der Waals surface area contributed by atoms with Gasteiger partial charge in [-0.3, -0.25) is 0 Å². The van der Waals surface area contributed by atoms with Gasteiger partial charge in [-0.1, -0.05) is 12.1 Å². The van der Waals surface area contributed by atoms with Gasteiger partial charge in [0.05, 0.1) is 25.0 Å². The SMILES string of the molecule is COCCNCc1ncc(-c2ccc(C)c(F)c2)[nH]1. The maximum Gasteiger partial charge on any atom is 0.126 e. The minimum absolute atomic E-state index is 0.202. The lowest BCUT2D eigenvalue weighted by molar-refractivity contribution is 0.199. The standard InChI is InChI=1S/C14H18FN3O/c1-10-3-4-11(7-12(10)15)13-8-17-14(18-13)9-16-5-6-19-2/h3-4,7-8,16H,5-6,9H2,1-2H3,(H,17,18). The number of ether oxygens (including phenoxy) is 1. The van der Waals surface area contributed by atoms with E-state index in [0.29, 0.717) is 18.7 Å². The third-order valence-electron chi connectivity index (χ3n) is 2.89. The molecule has 2 aromatic rings. The van der Waals surface area contributed by atoms with Crippen LogP contribution < -0.4 is 5.32 Å². The van der Waals surface area contributed by atoms with Crippen molar-refractivity contribution in [1.29, 1.82) is 0 Å². The molecule has 0 saturated carbocycles. The number of aromatic nitrogens is 2. The Kier molecular flexibility index (Phi) is 4.65. The summed E-state index contributed by atoms with van der Waals surface area (Å²) in [6, 6.07) is 5.17. The molecule has 0 radical (unpaired) electrons. The van der Waals surface area contributed by atoms with Gasteiger partial charge in [0.2, 0.25) is 0 Å². The zero-order valence-electron chi connectivity index (χ0n) is 11.2. The summed E-state index contributed by atoms with van der Waals surface area (Å²) in [4.78, 5) is 7.43. The zero-order chi connectivity index (χ0) is 13.7. The van der Waals surface area contributed by atoms with Gasteiger partial charge in [-0.25, -0.2) is 9.37 Å². The van der Waals surface area contributed by atoms with Crippen LogP contribution in [-0.2, 0) is 11.3 Å². The quantitative estimate of drug-likeness (QED) is 0.786. The summed E-state index contributed by atoms with van der Waals surface area (Å²) in [6.45, 7) is 3.82. The molecule has 102 valence electrons. The van der Waals surface area contributed by atoms with Crippen LogP contribution in [0.2, 0.25) is 0 Å². The predicted octanol–water partition coefficient (Wildman–Crippen LogP) is 2.26. The van der Waals surface area contributed by atoms with Crippen molar-refractivity contribution < 1.29 is 9.13 Å². The highest BCUT2D eigenvalue weighted by atomic mass is 19.1. The van der Waals surface area contributed by atoms with Crippen LogP contribution in [0.1, 0.15) is 11.4 Å². The van der Waals surface area contributed by atoms with Crippen molar-refractivity contribution in [2.75, 3.05) is 20.3 Å². The highest BCUT2D eigenvalue weighted by molar-refractivity contribution is 5.59. The van der Waals surface area contributed by atoms with E-state index in [-0.39, 0.29) is 5.82 Å². The summed E-state index contributed by atoms with van der Waals surface area (Å²) in [7, 11) is 1.67. The topological polar surface area (TPSA) is 49.9 Å². The third-order valence-corrected chi connectivity index (χ3v) is 2.89. The van der Waals surface area contributed by atoms with Crippen LogP contribution in [0.3, 0.4) is 0 Å². The smallest absolute Gasteiger partial charge is 0.126 e. The Morgan fingerprint density at radius 3 is 3.00 bits per heavy atom. The maximum absolute atomic E-state index is 13.5. The Morgan fingerprint density at radius 2 is 2.26 bits per heavy atom. The zero-order valence-corrected chi connectivity index (χ0v) is 11.2. The molecule has 0 fully saturated rings. The van der Waals surface area contributed by atoms with Crippen LogP contribution in [-0.4, -0.2) is 30.2 Å². The largest absolute Gasteiger partial charge is 0.383 e. The molecule has 2 N–H and O–H groups in total. The van der Waals surface area contributed by atoms with Crippen LogP contribution in [0.25, 0.3) is 11.3 Å². The first-order valence-corrected chi connectivity index (χ1v) is 6.21. The molecule has 0 atom stereocenters. The molecule has 1 aromatic heterocycles. The first-order valence-electron chi connectivity index (χ1n) is 6.21. The molecule has 0 aliphatic heterocycles.